The Bertz CT molecular complexity index is 420. The fourth-order valence-electron chi connectivity index (χ4n) is 5.73. The van der Waals surface area contributed by atoms with Crippen LogP contribution in [-0.4, -0.2) is 31.0 Å². The molecule has 0 amide bonds. The number of halogens is 4. The fourth-order valence-corrected chi connectivity index (χ4v) is 5.73. The van der Waals surface area contributed by atoms with Gasteiger partial charge in [-0.05, 0) is 56.3 Å². The molecule has 3 saturated carbocycles. The van der Waals surface area contributed by atoms with Gasteiger partial charge >= 0.3 is 0 Å². The summed E-state index contributed by atoms with van der Waals surface area (Å²) in [6.07, 6.45) is 2.94. The molecule has 158 valence electrons. The third-order valence-corrected chi connectivity index (χ3v) is 7.43. The number of hydrogen-bond acceptors (Lipinski definition) is 1. The maximum absolute atomic E-state index is 14.6. The predicted molar refractivity (Wildman–Crippen MR) is 99.5 cm³/mol. The highest BCUT2D eigenvalue weighted by Gasteiger charge is 2.41. The molecule has 0 N–H and O–H groups in total. The quantitative estimate of drug-likeness (QED) is 0.447. The SMILES string of the molecule is CCCC1CCC(C2CCC(C(F)OC3CC(F)C(F)C(F)C3)CC2)CC1. The van der Waals surface area contributed by atoms with Crippen molar-refractivity contribution in [2.24, 2.45) is 23.7 Å². The molecule has 0 spiro atoms. The molecule has 1 nitrogen and oxygen atoms in total. The van der Waals surface area contributed by atoms with Crippen LogP contribution in [0.4, 0.5) is 17.6 Å². The Morgan fingerprint density at radius 3 is 1.85 bits per heavy atom. The number of rotatable bonds is 6. The third-order valence-electron chi connectivity index (χ3n) is 7.43. The number of alkyl halides is 4. The molecule has 0 bridgehead atoms. The maximum Gasteiger partial charge on any atom is 0.201 e. The standard InChI is InChI=1S/C22H36F4O/c1-2-3-14-4-6-15(7-5-14)16-8-10-17(11-9-16)22(26)27-18-12-19(23)21(25)20(24)13-18/h14-22H,2-13H2,1H3. The molecule has 3 atom stereocenters. The predicted octanol–water partition coefficient (Wildman–Crippen LogP) is 6.89. The third kappa shape index (κ3) is 5.61. The molecule has 27 heavy (non-hydrogen) atoms. The fraction of sp³-hybridized carbons (Fsp3) is 1.00. The van der Waals surface area contributed by atoms with E-state index in [1.165, 1.54) is 38.5 Å². The molecule has 0 aliphatic heterocycles. The van der Waals surface area contributed by atoms with Crippen LogP contribution in [0.25, 0.3) is 0 Å². The molecule has 3 unspecified atom stereocenters. The van der Waals surface area contributed by atoms with E-state index in [4.69, 9.17) is 4.74 Å². The highest BCUT2D eigenvalue weighted by molar-refractivity contribution is 4.88. The lowest BCUT2D eigenvalue weighted by Crippen LogP contribution is -2.42. The van der Waals surface area contributed by atoms with Gasteiger partial charge in [-0.3, -0.25) is 0 Å². The van der Waals surface area contributed by atoms with E-state index in [0.717, 1.165) is 37.5 Å². The Kier molecular flexibility index (Phi) is 7.87. The molecule has 0 saturated heterocycles. The molecule has 0 aromatic rings. The minimum absolute atomic E-state index is 0.183. The largest absolute Gasteiger partial charge is 0.344 e. The van der Waals surface area contributed by atoms with Crippen LogP contribution in [0.3, 0.4) is 0 Å². The molecule has 0 aromatic carbocycles. The lowest BCUT2D eigenvalue weighted by atomic mass is 9.68. The summed E-state index contributed by atoms with van der Waals surface area (Å²) in [4.78, 5) is 0. The Balaban J connectivity index is 1.39. The normalized spacial score (nSPS) is 44.8. The van der Waals surface area contributed by atoms with E-state index in [0.29, 0.717) is 5.92 Å². The van der Waals surface area contributed by atoms with Gasteiger partial charge in [0.1, 0.15) is 12.3 Å². The summed E-state index contributed by atoms with van der Waals surface area (Å²) in [5.74, 6) is 2.21. The van der Waals surface area contributed by atoms with Crippen molar-refractivity contribution in [1.82, 2.24) is 0 Å². The lowest BCUT2D eigenvalue weighted by molar-refractivity contribution is -0.156. The van der Waals surface area contributed by atoms with Crippen molar-refractivity contribution in [3.05, 3.63) is 0 Å². The Hall–Kier alpha value is -0.320. The Morgan fingerprint density at radius 2 is 1.33 bits per heavy atom. The first kappa shape index (κ1) is 21.4. The minimum atomic E-state index is -2.09. The van der Waals surface area contributed by atoms with Crippen molar-refractivity contribution in [2.75, 3.05) is 0 Å². The van der Waals surface area contributed by atoms with E-state index in [1.807, 2.05) is 0 Å². The first-order valence-electron chi connectivity index (χ1n) is 11.2. The van der Waals surface area contributed by atoms with E-state index in [2.05, 4.69) is 6.92 Å². The summed E-state index contributed by atoms with van der Waals surface area (Å²) < 4.78 is 60.1. The summed E-state index contributed by atoms with van der Waals surface area (Å²) in [6.45, 7) is 2.26. The monoisotopic (exact) mass is 392 g/mol. The van der Waals surface area contributed by atoms with Gasteiger partial charge in [0.25, 0.3) is 0 Å². The molecule has 3 aliphatic rings. The van der Waals surface area contributed by atoms with Crippen LogP contribution in [0.5, 0.6) is 0 Å². The minimum Gasteiger partial charge on any atom is -0.344 e. The molecule has 3 rings (SSSR count). The zero-order valence-electron chi connectivity index (χ0n) is 16.6. The summed E-state index contributed by atoms with van der Waals surface area (Å²) >= 11 is 0. The van der Waals surface area contributed by atoms with Crippen molar-refractivity contribution >= 4 is 0 Å². The Morgan fingerprint density at radius 1 is 0.815 bits per heavy atom. The van der Waals surface area contributed by atoms with Crippen molar-refractivity contribution in [2.45, 2.75) is 115 Å². The van der Waals surface area contributed by atoms with Crippen molar-refractivity contribution < 1.29 is 22.3 Å². The summed E-state index contributed by atoms with van der Waals surface area (Å²) in [7, 11) is 0. The molecule has 0 aromatic heterocycles. The van der Waals surface area contributed by atoms with Gasteiger partial charge < -0.3 is 4.74 Å². The molecular weight excluding hydrogens is 356 g/mol. The smallest absolute Gasteiger partial charge is 0.201 e. The second-order valence-electron chi connectivity index (χ2n) is 9.30. The van der Waals surface area contributed by atoms with Crippen LogP contribution in [0.1, 0.15) is 84.0 Å². The zero-order valence-corrected chi connectivity index (χ0v) is 16.6. The van der Waals surface area contributed by atoms with Gasteiger partial charge in [-0.25, -0.2) is 17.6 Å². The first-order chi connectivity index (χ1) is 13.0. The van der Waals surface area contributed by atoms with E-state index >= 15 is 0 Å². The molecular formula is C22H36F4O. The van der Waals surface area contributed by atoms with Crippen LogP contribution >= 0.6 is 0 Å². The highest BCUT2D eigenvalue weighted by Crippen LogP contribution is 2.43. The van der Waals surface area contributed by atoms with Crippen molar-refractivity contribution in [3.8, 4) is 0 Å². The topological polar surface area (TPSA) is 9.23 Å². The van der Waals surface area contributed by atoms with Gasteiger partial charge in [0, 0.05) is 18.8 Å². The van der Waals surface area contributed by atoms with Gasteiger partial charge in [0.15, 0.2) is 6.17 Å². The summed E-state index contributed by atoms with van der Waals surface area (Å²) in [5, 5.41) is 0. The van der Waals surface area contributed by atoms with Crippen LogP contribution < -0.4 is 0 Å². The molecule has 5 heteroatoms. The van der Waals surface area contributed by atoms with Crippen molar-refractivity contribution in [3.63, 3.8) is 0 Å². The van der Waals surface area contributed by atoms with Gasteiger partial charge in [0.2, 0.25) is 6.36 Å². The number of ether oxygens (including phenoxy) is 1. The summed E-state index contributed by atoms with van der Waals surface area (Å²) in [6, 6.07) is 0. The summed E-state index contributed by atoms with van der Waals surface area (Å²) in [5.41, 5.74) is 0. The maximum atomic E-state index is 14.6. The van der Waals surface area contributed by atoms with Crippen LogP contribution in [0, 0.1) is 23.7 Å². The van der Waals surface area contributed by atoms with E-state index in [1.54, 1.807) is 0 Å². The second kappa shape index (κ2) is 9.93. The van der Waals surface area contributed by atoms with E-state index in [9.17, 15) is 17.6 Å². The molecule has 3 aliphatic carbocycles. The second-order valence-corrected chi connectivity index (χ2v) is 9.30. The molecule has 0 heterocycles. The average molecular weight is 393 g/mol. The highest BCUT2D eigenvalue weighted by atomic mass is 19.2. The molecule has 0 radical (unpaired) electrons. The van der Waals surface area contributed by atoms with E-state index in [-0.39, 0.29) is 18.8 Å². The van der Waals surface area contributed by atoms with Crippen LogP contribution in [0.15, 0.2) is 0 Å². The Labute approximate surface area is 161 Å². The van der Waals surface area contributed by atoms with Gasteiger partial charge in [-0.15, -0.1) is 0 Å². The van der Waals surface area contributed by atoms with Gasteiger partial charge in [-0.1, -0.05) is 32.6 Å². The lowest BCUT2D eigenvalue weighted by Gasteiger charge is -2.39. The van der Waals surface area contributed by atoms with Crippen LogP contribution in [-0.2, 0) is 4.74 Å². The van der Waals surface area contributed by atoms with Crippen LogP contribution in [0.2, 0.25) is 0 Å². The van der Waals surface area contributed by atoms with Gasteiger partial charge in [-0.2, -0.15) is 0 Å². The van der Waals surface area contributed by atoms with E-state index < -0.39 is 31.0 Å². The average Bonchev–Trinajstić information content (AvgIpc) is 2.67. The first-order valence-corrected chi connectivity index (χ1v) is 11.2. The zero-order chi connectivity index (χ0) is 19.4. The van der Waals surface area contributed by atoms with Crippen molar-refractivity contribution in [1.29, 1.82) is 0 Å². The molecule has 3 fully saturated rings. The number of hydrogen-bond donors (Lipinski definition) is 0. The van der Waals surface area contributed by atoms with Gasteiger partial charge in [0.05, 0.1) is 6.10 Å².